The minimum Gasteiger partial charge on any atom is -0.493 e. The van der Waals surface area contributed by atoms with Crippen molar-refractivity contribution in [1.82, 2.24) is 9.97 Å². The predicted molar refractivity (Wildman–Crippen MR) is 105 cm³/mol. The number of benzene rings is 1. The fourth-order valence-corrected chi connectivity index (χ4v) is 4.10. The highest BCUT2D eigenvalue weighted by molar-refractivity contribution is 6.01. The lowest BCUT2D eigenvalue weighted by molar-refractivity contribution is -0.116. The number of H-pyrrole nitrogens is 2. The Labute approximate surface area is 165 Å². The number of nitrogens with one attached hydrogen (secondary N) is 3. The fourth-order valence-electron chi connectivity index (χ4n) is 4.10. The second-order valence-electron chi connectivity index (χ2n) is 6.88. The van der Waals surface area contributed by atoms with Gasteiger partial charge in [0.05, 0.1) is 26.9 Å². The fraction of sp³-hybridized carbons (Fsp3) is 0.350. The number of hydrogen-bond donors (Lipinski definition) is 3. The molecule has 29 heavy (non-hydrogen) atoms. The van der Waals surface area contributed by atoms with E-state index in [0.29, 0.717) is 59.2 Å². The lowest BCUT2D eigenvalue weighted by atomic mass is 9.76. The van der Waals surface area contributed by atoms with Gasteiger partial charge in [-0.05, 0) is 30.5 Å². The van der Waals surface area contributed by atoms with Crippen molar-refractivity contribution in [2.45, 2.75) is 25.2 Å². The number of ketones is 1. The van der Waals surface area contributed by atoms with E-state index in [1.807, 2.05) is 0 Å². The van der Waals surface area contributed by atoms with Crippen molar-refractivity contribution in [2.24, 2.45) is 0 Å². The lowest BCUT2D eigenvalue weighted by Crippen LogP contribution is -2.36. The van der Waals surface area contributed by atoms with Gasteiger partial charge in [-0.25, -0.2) is 4.79 Å². The minimum absolute atomic E-state index is 0.0336. The van der Waals surface area contributed by atoms with Gasteiger partial charge in [-0.2, -0.15) is 0 Å². The van der Waals surface area contributed by atoms with Crippen LogP contribution < -0.4 is 30.8 Å². The third kappa shape index (κ3) is 2.98. The minimum atomic E-state index is -0.677. The first-order chi connectivity index (χ1) is 14.0. The third-order valence-electron chi connectivity index (χ3n) is 5.31. The third-order valence-corrected chi connectivity index (χ3v) is 5.31. The summed E-state index contributed by atoms with van der Waals surface area (Å²) in [6.45, 7) is 0. The molecule has 1 aromatic carbocycles. The number of aromatic amines is 2. The summed E-state index contributed by atoms with van der Waals surface area (Å²) in [6, 6.07) is 3.44. The quantitative estimate of drug-likeness (QED) is 0.714. The summed E-state index contributed by atoms with van der Waals surface area (Å²) in [5.74, 6) is 0.817. The number of carbonyl (C=O) groups excluding carboxylic acids is 1. The topological polar surface area (TPSA) is 123 Å². The van der Waals surface area contributed by atoms with Gasteiger partial charge in [0.25, 0.3) is 5.56 Å². The van der Waals surface area contributed by atoms with E-state index in [1.54, 1.807) is 12.1 Å². The van der Waals surface area contributed by atoms with E-state index in [0.717, 1.165) is 0 Å². The maximum absolute atomic E-state index is 12.9. The van der Waals surface area contributed by atoms with E-state index in [-0.39, 0.29) is 11.3 Å². The maximum Gasteiger partial charge on any atom is 0.327 e. The molecule has 2 heterocycles. The average Bonchev–Trinajstić information content (AvgIpc) is 2.71. The molecule has 1 aromatic heterocycles. The summed E-state index contributed by atoms with van der Waals surface area (Å²) < 4.78 is 16.3. The zero-order chi connectivity index (χ0) is 20.7. The van der Waals surface area contributed by atoms with Gasteiger partial charge in [0, 0.05) is 23.6 Å². The molecule has 0 bridgehead atoms. The van der Waals surface area contributed by atoms with Crippen LogP contribution in [0.25, 0.3) is 0 Å². The first-order valence-corrected chi connectivity index (χ1v) is 9.18. The molecule has 9 nitrogen and oxygen atoms in total. The molecule has 152 valence electrons. The zero-order valence-electron chi connectivity index (χ0n) is 16.3. The van der Waals surface area contributed by atoms with Crippen LogP contribution in [0.5, 0.6) is 17.2 Å². The SMILES string of the molecule is COc1cc(C2C3=C(CCCC3=O)Nc3[nH]c(=O)[nH]c(=O)c32)cc(OC)c1OC. The number of methoxy groups -OCH3 is 3. The summed E-state index contributed by atoms with van der Waals surface area (Å²) >= 11 is 0. The Morgan fingerprint density at radius 2 is 1.62 bits per heavy atom. The molecule has 1 atom stereocenters. The van der Waals surface area contributed by atoms with Gasteiger partial charge >= 0.3 is 5.69 Å². The molecule has 1 aliphatic carbocycles. The molecule has 0 saturated heterocycles. The molecular weight excluding hydrogens is 378 g/mol. The van der Waals surface area contributed by atoms with Gasteiger partial charge in [0.2, 0.25) is 5.75 Å². The monoisotopic (exact) mass is 399 g/mol. The van der Waals surface area contributed by atoms with Crippen molar-refractivity contribution in [3.8, 4) is 17.2 Å². The Morgan fingerprint density at radius 1 is 0.931 bits per heavy atom. The normalized spacial score (nSPS) is 17.9. The Balaban J connectivity index is 2.03. The highest BCUT2D eigenvalue weighted by atomic mass is 16.5. The molecule has 0 saturated carbocycles. The van der Waals surface area contributed by atoms with Crippen LogP contribution in [0.1, 0.15) is 36.3 Å². The van der Waals surface area contributed by atoms with E-state index >= 15 is 0 Å². The molecule has 0 fully saturated rings. The van der Waals surface area contributed by atoms with Crippen LogP contribution in [-0.2, 0) is 4.79 Å². The van der Waals surface area contributed by atoms with E-state index in [4.69, 9.17) is 14.2 Å². The average molecular weight is 399 g/mol. The van der Waals surface area contributed by atoms with E-state index < -0.39 is 17.2 Å². The molecule has 2 aliphatic rings. The van der Waals surface area contributed by atoms with Crippen molar-refractivity contribution in [2.75, 3.05) is 26.6 Å². The molecule has 3 N–H and O–H groups in total. The summed E-state index contributed by atoms with van der Waals surface area (Å²) in [5, 5.41) is 3.09. The van der Waals surface area contributed by atoms with E-state index in [1.165, 1.54) is 21.3 Å². The molecule has 0 radical (unpaired) electrons. The zero-order valence-corrected chi connectivity index (χ0v) is 16.3. The number of hydrogen-bond acceptors (Lipinski definition) is 7. The number of carbonyl (C=O) groups is 1. The molecule has 0 spiro atoms. The molecule has 1 aliphatic heterocycles. The number of allylic oxidation sites excluding steroid dienone is 2. The standard InChI is InChI=1S/C20H21N3O6/c1-27-12-7-9(8-13(28-2)17(12)29-3)14-15-10(5-4-6-11(15)24)21-18-16(14)19(25)23-20(26)22-18/h7-8,14H,4-6H2,1-3H3,(H3,21,22,23,25,26). The number of ether oxygens (including phenoxy) is 3. The second-order valence-corrected chi connectivity index (χ2v) is 6.88. The number of fused-ring (bicyclic) bond motifs is 1. The van der Waals surface area contributed by atoms with Crippen LogP contribution in [-0.4, -0.2) is 37.1 Å². The number of anilines is 1. The number of Topliss-reactive ketones (excluding diaryl/α,β-unsaturated/α-hetero) is 1. The van der Waals surface area contributed by atoms with Gasteiger partial charge in [0.1, 0.15) is 5.82 Å². The lowest BCUT2D eigenvalue weighted by Gasteiger charge is -2.33. The Kier molecular flexibility index (Phi) is 4.65. The molecular formula is C20H21N3O6. The molecule has 0 amide bonds. The molecule has 9 heteroatoms. The van der Waals surface area contributed by atoms with Crippen molar-refractivity contribution >= 4 is 11.6 Å². The van der Waals surface area contributed by atoms with E-state index in [9.17, 15) is 14.4 Å². The molecule has 4 rings (SSSR count). The number of aromatic nitrogens is 2. The Hall–Kier alpha value is -3.49. The largest absolute Gasteiger partial charge is 0.493 e. The Bertz CT molecular complexity index is 1120. The van der Waals surface area contributed by atoms with Crippen molar-refractivity contribution in [3.05, 3.63) is 55.4 Å². The highest BCUT2D eigenvalue weighted by Crippen LogP contribution is 2.47. The highest BCUT2D eigenvalue weighted by Gasteiger charge is 2.38. The van der Waals surface area contributed by atoms with Gasteiger partial charge < -0.3 is 19.5 Å². The summed E-state index contributed by atoms with van der Waals surface area (Å²) in [5.41, 5.74) is 0.968. The Morgan fingerprint density at radius 3 is 2.24 bits per heavy atom. The van der Waals surface area contributed by atoms with Crippen LogP contribution in [0.4, 0.5) is 5.82 Å². The van der Waals surface area contributed by atoms with Crippen LogP contribution >= 0.6 is 0 Å². The smallest absolute Gasteiger partial charge is 0.327 e. The summed E-state index contributed by atoms with van der Waals surface area (Å²) in [6.07, 6.45) is 1.75. The van der Waals surface area contributed by atoms with Crippen LogP contribution in [0.15, 0.2) is 33.0 Å². The van der Waals surface area contributed by atoms with Gasteiger partial charge in [0.15, 0.2) is 17.3 Å². The van der Waals surface area contributed by atoms with Crippen LogP contribution in [0.2, 0.25) is 0 Å². The van der Waals surface area contributed by atoms with Crippen molar-refractivity contribution < 1.29 is 19.0 Å². The number of rotatable bonds is 4. The summed E-state index contributed by atoms with van der Waals surface area (Å²) in [4.78, 5) is 42.3. The van der Waals surface area contributed by atoms with Gasteiger partial charge in [-0.15, -0.1) is 0 Å². The van der Waals surface area contributed by atoms with Gasteiger partial charge in [-0.1, -0.05) is 0 Å². The first kappa shape index (κ1) is 18.9. The molecule has 2 aromatic rings. The van der Waals surface area contributed by atoms with Gasteiger partial charge in [-0.3, -0.25) is 19.6 Å². The maximum atomic E-state index is 12.9. The van der Waals surface area contributed by atoms with Crippen molar-refractivity contribution in [1.29, 1.82) is 0 Å². The van der Waals surface area contributed by atoms with Crippen molar-refractivity contribution in [3.63, 3.8) is 0 Å². The predicted octanol–water partition coefficient (Wildman–Crippen LogP) is 1.65. The van der Waals surface area contributed by atoms with Crippen LogP contribution in [0, 0.1) is 0 Å². The molecule has 1 unspecified atom stereocenters. The second kappa shape index (κ2) is 7.16. The first-order valence-electron chi connectivity index (χ1n) is 9.18. The van der Waals surface area contributed by atoms with Crippen LogP contribution in [0.3, 0.4) is 0 Å². The van der Waals surface area contributed by atoms with E-state index in [2.05, 4.69) is 15.3 Å². The summed E-state index contributed by atoms with van der Waals surface area (Å²) in [7, 11) is 4.50.